The number of rotatable bonds is 4. The smallest absolute Gasteiger partial charge is 0.227 e. The number of hydrogen-bond donors (Lipinski definition) is 3. The van der Waals surface area contributed by atoms with Crippen LogP contribution in [0.2, 0.25) is 0 Å². The molecule has 0 spiro atoms. The van der Waals surface area contributed by atoms with Gasteiger partial charge in [-0.1, -0.05) is 12.1 Å². The van der Waals surface area contributed by atoms with E-state index in [-0.39, 0.29) is 5.91 Å². The first-order valence-electron chi connectivity index (χ1n) is 8.64. The van der Waals surface area contributed by atoms with Gasteiger partial charge in [0, 0.05) is 47.2 Å². The average molecular weight is 357 g/mol. The minimum atomic E-state index is -0.0909. The molecule has 0 atom stereocenters. The average Bonchev–Trinajstić information content (AvgIpc) is 3.11. The molecule has 0 aliphatic carbocycles. The zero-order chi connectivity index (χ0) is 18.8. The van der Waals surface area contributed by atoms with Crippen LogP contribution in [0.15, 0.2) is 60.9 Å². The third kappa shape index (κ3) is 3.64. The summed E-state index contributed by atoms with van der Waals surface area (Å²) >= 11 is 0. The molecule has 134 valence electrons. The normalized spacial score (nSPS) is 10.7. The van der Waals surface area contributed by atoms with E-state index < -0.39 is 0 Å². The van der Waals surface area contributed by atoms with Crippen LogP contribution in [0, 0.1) is 6.92 Å². The Balaban J connectivity index is 1.61. The number of hydrogen-bond acceptors (Lipinski definition) is 4. The highest BCUT2D eigenvalue weighted by Crippen LogP contribution is 2.25. The molecule has 2 heterocycles. The Bertz CT molecular complexity index is 1120. The third-order valence-corrected chi connectivity index (χ3v) is 4.26. The van der Waals surface area contributed by atoms with Crippen molar-refractivity contribution in [1.82, 2.24) is 15.0 Å². The fourth-order valence-electron chi connectivity index (χ4n) is 2.97. The highest BCUT2D eigenvalue weighted by Gasteiger charge is 2.08. The molecule has 6 heteroatoms. The third-order valence-electron chi connectivity index (χ3n) is 4.26. The Morgan fingerprint density at radius 3 is 2.59 bits per heavy atom. The molecule has 2 aromatic heterocycles. The number of aromatic nitrogens is 3. The second kappa shape index (κ2) is 6.92. The summed E-state index contributed by atoms with van der Waals surface area (Å²) in [5, 5.41) is 7.16. The highest BCUT2D eigenvalue weighted by atomic mass is 16.1. The van der Waals surface area contributed by atoms with E-state index in [0.29, 0.717) is 5.95 Å². The topological polar surface area (TPSA) is 82.7 Å². The van der Waals surface area contributed by atoms with Crippen LogP contribution in [0.1, 0.15) is 12.5 Å². The van der Waals surface area contributed by atoms with E-state index in [0.717, 1.165) is 39.1 Å². The Kier molecular flexibility index (Phi) is 4.30. The van der Waals surface area contributed by atoms with Gasteiger partial charge in [-0.25, -0.2) is 9.97 Å². The van der Waals surface area contributed by atoms with Crippen molar-refractivity contribution in [3.63, 3.8) is 0 Å². The van der Waals surface area contributed by atoms with Crippen LogP contribution < -0.4 is 10.6 Å². The zero-order valence-corrected chi connectivity index (χ0v) is 15.1. The zero-order valence-electron chi connectivity index (χ0n) is 15.1. The number of fused-ring (bicyclic) bond motifs is 1. The molecule has 0 aliphatic heterocycles. The molecule has 0 radical (unpaired) electrons. The molecular weight excluding hydrogens is 338 g/mol. The first-order chi connectivity index (χ1) is 13.1. The van der Waals surface area contributed by atoms with Crippen LogP contribution in [0.25, 0.3) is 22.2 Å². The number of aromatic amines is 1. The number of H-pyrrole nitrogens is 1. The molecule has 6 nitrogen and oxygen atoms in total. The SMILES string of the molecule is CC(=O)Nc1ccc(-c2nc(Nc3ccc4[nH]ccc4c3)ncc2C)cc1. The van der Waals surface area contributed by atoms with Gasteiger partial charge in [0.25, 0.3) is 0 Å². The van der Waals surface area contributed by atoms with Crippen molar-refractivity contribution in [3.05, 3.63) is 66.5 Å². The number of amides is 1. The summed E-state index contributed by atoms with van der Waals surface area (Å²) in [6.07, 6.45) is 3.72. The molecule has 2 aromatic carbocycles. The first kappa shape index (κ1) is 16.8. The Morgan fingerprint density at radius 2 is 1.81 bits per heavy atom. The molecule has 0 bridgehead atoms. The number of nitrogens with zero attached hydrogens (tertiary/aromatic N) is 2. The largest absolute Gasteiger partial charge is 0.361 e. The molecule has 3 N–H and O–H groups in total. The van der Waals surface area contributed by atoms with Crippen molar-refractivity contribution >= 4 is 34.1 Å². The standard InChI is InChI=1S/C21H19N5O/c1-13-12-23-21(25-18-7-8-19-16(11-18)9-10-22-19)26-20(13)15-3-5-17(6-4-15)24-14(2)27/h3-12,22H,1-2H3,(H,24,27)(H,23,25,26). The fraction of sp³-hybridized carbons (Fsp3) is 0.0952. The quantitative estimate of drug-likeness (QED) is 0.497. The molecule has 27 heavy (non-hydrogen) atoms. The van der Waals surface area contributed by atoms with E-state index in [4.69, 9.17) is 0 Å². The summed E-state index contributed by atoms with van der Waals surface area (Å²) in [6.45, 7) is 3.47. The van der Waals surface area contributed by atoms with E-state index in [9.17, 15) is 4.79 Å². The highest BCUT2D eigenvalue weighted by molar-refractivity contribution is 5.89. The lowest BCUT2D eigenvalue weighted by molar-refractivity contribution is -0.114. The number of benzene rings is 2. The van der Waals surface area contributed by atoms with Crippen LogP contribution in [-0.2, 0) is 4.79 Å². The molecule has 0 saturated carbocycles. The maximum Gasteiger partial charge on any atom is 0.227 e. The summed E-state index contributed by atoms with van der Waals surface area (Å²) in [7, 11) is 0. The van der Waals surface area contributed by atoms with Gasteiger partial charge in [0.15, 0.2) is 0 Å². The minimum absolute atomic E-state index is 0.0909. The lowest BCUT2D eigenvalue weighted by Gasteiger charge is -2.10. The van der Waals surface area contributed by atoms with Crippen LogP contribution in [-0.4, -0.2) is 20.9 Å². The van der Waals surface area contributed by atoms with Crippen LogP contribution >= 0.6 is 0 Å². The minimum Gasteiger partial charge on any atom is -0.361 e. The Labute approximate surface area is 156 Å². The summed E-state index contributed by atoms with van der Waals surface area (Å²) < 4.78 is 0. The number of nitrogens with one attached hydrogen (secondary N) is 3. The molecular formula is C21H19N5O. The van der Waals surface area contributed by atoms with E-state index in [1.54, 1.807) is 6.20 Å². The van der Waals surface area contributed by atoms with Crippen LogP contribution in [0.5, 0.6) is 0 Å². The van der Waals surface area contributed by atoms with Crippen molar-refractivity contribution in [2.24, 2.45) is 0 Å². The van der Waals surface area contributed by atoms with E-state index in [2.05, 4.69) is 31.7 Å². The predicted octanol–water partition coefficient (Wildman–Crippen LogP) is 4.64. The van der Waals surface area contributed by atoms with Crippen molar-refractivity contribution in [2.75, 3.05) is 10.6 Å². The summed E-state index contributed by atoms with van der Waals surface area (Å²) in [5.74, 6) is 0.447. The molecule has 0 fully saturated rings. The van der Waals surface area contributed by atoms with Crippen molar-refractivity contribution in [2.45, 2.75) is 13.8 Å². The maximum absolute atomic E-state index is 11.2. The fourth-order valence-corrected chi connectivity index (χ4v) is 2.97. The Hall–Kier alpha value is -3.67. The molecule has 1 amide bonds. The Morgan fingerprint density at radius 1 is 1.04 bits per heavy atom. The molecule has 0 saturated heterocycles. The summed E-state index contributed by atoms with van der Waals surface area (Å²) in [5.41, 5.74) is 5.57. The summed E-state index contributed by atoms with van der Waals surface area (Å²) in [6, 6.07) is 15.7. The number of aryl methyl sites for hydroxylation is 1. The number of carbonyl (C=O) groups is 1. The lowest BCUT2D eigenvalue weighted by Crippen LogP contribution is -2.05. The number of anilines is 3. The van der Waals surface area contributed by atoms with Crippen molar-refractivity contribution in [3.8, 4) is 11.3 Å². The van der Waals surface area contributed by atoms with Crippen LogP contribution in [0.3, 0.4) is 0 Å². The van der Waals surface area contributed by atoms with Crippen LogP contribution in [0.4, 0.5) is 17.3 Å². The van der Waals surface area contributed by atoms with Gasteiger partial charge in [-0.05, 0) is 48.9 Å². The number of carbonyl (C=O) groups excluding carboxylic acids is 1. The second-order valence-electron chi connectivity index (χ2n) is 6.39. The van der Waals surface area contributed by atoms with Gasteiger partial charge >= 0.3 is 0 Å². The van der Waals surface area contributed by atoms with Gasteiger partial charge in [0.1, 0.15) is 0 Å². The molecule has 4 aromatic rings. The van der Waals surface area contributed by atoms with E-state index in [1.165, 1.54) is 6.92 Å². The van der Waals surface area contributed by atoms with Gasteiger partial charge < -0.3 is 15.6 Å². The van der Waals surface area contributed by atoms with Crippen molar-refractivity contribution < 1.29 is 4.79 Å². The monoisotopic (exact) mass is 357 g/mol. The predicted molar refractivity (Wildman–Crippen MR) is 108 cm³/mol. The maximum atomic E-state index is 11.2. The molecule has 0 unspecified atom stereocenters. The van der Waals surface area contributed by atoms with E-state index in [1.807, 2.05) is 55.6 Å². The van der Waals surface area contributed by atoms with Crippen molar-refractivity contribution in [1.29, 1.82) is 0 Å². The van der Waals surface area contributed by atoms with Gasteiger partial charge in [0.2, 0.25) is 11.9 Å². The van der Waals surface area contributed by atoms with E-state index >= 15 is 0 Å². The van der Waals surface area contributed by atoms with Gasteiger partial charge in [-0.2, -0.15) is 0 Å². The first-order valence-corrected chi connectivity index (χ1v) is 8.64. The molecule has 0 aliphatic rings. The summed E-state index contributed by atoms with van der Waals surface area (Å²) in [4.78, 5) is 23.4. The van der Waals surface area contributed by atoms with Gasteiger partial charge in [-0.3, -0.25) is 4.79 Å². The van der Waals surface area contributed by atoms with Gasteiger partial charge in [0.05, 0.1) is 5.69 Å². The lowest BCUT2D eigenvalue weighted by atomic mass is 10.1. The van der Waals surface area contributed by atoms with Gasteiger partial charge in [-0.15, -0.1) is 0 Å². The molecule has 4 rings (SSSR count). The second-order valence-corrected chi connectivity index (χ2v) is 6.39.